The monoisotopic (exact) mass is 766 g/mol. The minimum atomic E-state index is -0.176. The first-order valence-electron chi connectivity index (χ1n) is 20.6. The number of hydrogen-bond donors (Lipinski definition) is 0. The lowest BCUT2D eigenvalue weighted by atomic mass is 9.81. The van der Waals surface area contributed by atoms with Crippen molar-refractivity contribution in [2.45, 2.75) is 19.3 Å². The number of rotatable bonds is 5. The molecule has 0 spiro atoms. The van der Waals surface area contributed by atoms with Crippen LogP contribution in [-0.4, -0.2) is 19.5 Å². The lowest BCUT2D eigenvalue weighted by Crippen LogP contribution is -2.15. The maximum atomic E-state index is 5.40. The van der Waals surface area contributed by atoms with E-state index in [2.05, 4.69) is 188 Å². The number of hydrogen-bond acceptors (Lipinski definition) is 3. The molecule has 4 heteroatoms. The van der Waals surface area contributed by atoms with Gasteiger partial charge in [-0.1, -0.05) is 184 Å². The van der Waals surface area contributed by atoms with Gasteiger partial charge in [0, 0.05) is 32.9 Å². The highest BCUT2D eigenvalue weighted by Gasteiger charge is 2.37. The Labute approximate surface area is 348 Å². The quantitative estimate of drug-likeness (QED) is 0.175. The van der Waals surface area contributed by atoms with Crippen LogP contribution < -0.4 is 0 Å². The SMILES string of the molecule is CC1(C)c2cc(-c3cccc4c5cc6ccccc6cc5n(-c5nc(-c6ccccc6)nc(-c6cccc(-c7ccccc7)c6)n5)c34)ccc2-c2c1ccc1ccccc21. The zero-order valence-corrected chi connectivity index (χ0v) is 33.3. The Hall–Kier alpha value is -7.69. The van der Waals surface area contributed by atoms with E-state index in [1.54, 1.807) is 0 Å². The average molecular weight is 767 g/mol. The number of fused-ring (bicyclic) bond motifs is 9. The van der Waals surface area contributed by atoms with Crippen LogP contribution in [0.3, 0.4) is 0 Å². The minimum Gasteiger partial charge on any atom is -0.277 e. The van der Waals surface area contributed by atoms with Gasteiger partial charge in [0.2, 0.25) is 5.95 Å². The van der Waals surface area contributed by atoms with E-state index < -0.39 is 0 Å². The Balaban J connectivity index is 1.14. The summed E-state index contributed by atoms with van der Waals surface area (Å²) in [5, 5.41) is 7.23. The molecular formula is C56H38N4. The first kappa shape index (κ1) is 34.4. The van der Waals surface area contributed by atoms with E-state index in [0.717, 1.165) is 60.6 Å². The van der Waals surface area contributed by atoms with Crippen molar-refractivity contribution < 1.29 is 0 Å². The summed E-state index contributed by atoms with van der Waals surface area (Å²) in [6, 6.07) is 69.6. The predicted molar refractivity (Wildman–Crippen MR) is 248 cm³/mol. The molecule has 0 amide bonds. The highest BCUT2D eigenvalue weighted by Crippen LogP contribution is 2.52. The van der Waals surface area contributed by atoms with Crippen LogP contribution in [0.15, 0.2) is 194 Å². The smallest absolute Gasteiger partial charge is 0.238 e. The highest BCUT2D eigenvalue weighted by atomic mass is 15.2. The van der Waals surface area contributed by atoms with E-state index in [1.807, 2.05) is 24.3 Å². The molecular weight excluding hydrogens is 729 g/mol. The molecule has 60 heavy (non-hydrogen) atoms. The second-order valence-electron chi connectivity index (χ2n) is 16.4. The number of para-hydroxylation sites is 1. The molecule has 0 atom stereocenters. The third-order valence-electron chi connectivity index (χ3n) is 12.6. The van der Waals surface area contributed by atoms with Crippen LogP contribution in [0.1, 0.15) is 25.0 Å². The maximum Gasteiger partial charge on any atom is 0.238 e. The van der Waals surface area contributed by atoms with E-state index in [-0.39, 0.29) is 5.41 Å². The molecule has 0 saturated carbocycles. The largest absolute Gasteiger partial charge is 0.277 e. The van der Waals surface area contributed by atoms with Gasteiger partial charge in [-0.25, -0.2) is 4.98 Å². The van der Waals surface area contributed by atoms with Gasteiger partial charge in [0.1, 0.15) is 0 Å². The molecule has 0 bridgehead atoms. The standard InChI is InChI=1S/C56H38N4/c1-56(2)48-30-28-36-17-11-12-24-43(36)51(48)46-29-27-41(33-49(46)56)44-25-14-26-45-47-32-39-20-9-10-21-40(39)34-50(47)60(52(44)45)55-58-53(37-18-7-4-8-19-37)57-54(59-55)42-23-13-22-38(31-42)35-15-5-3-6-16-35/h3-34H,1-2H3. The molecule has 2 aromatic heterocycles. The summed E-state index contributed by atoms with van der Waals surface area (Å²) in [6.45, 7) is 4.73. The zero-order valence-electron chi connectivity index (χ0n) is 33.3. The first-order chi connectivity index (χ1) is 29.5. The van der Waals surface area contributed by atoms with Crippen molar-refractivity contribution in [1.82, 2.24) is 19.5 Å². The Bertz CT molecular complexity index is 3510. The van der Waals surface area contributed by atoms with Crippen molar-refractivity contribution in [1.29, 1.82) is 0 Å². The molecule has 11 aromatic rings. The lowest BCUT2D eigenvalue weighted by molar-refractivity contribution is 0.661. The molecule has 0 radical (unpaired) electrons. The molecule has 4 nitrogen and oxygen atoms in total. The van der Waals surface area contributed by atoms with Crippen LogP contribution in [0, 0.1) is 0 Å². The van der Waals surface area contributed by atoms with Gasteiger partial charge in [-0.15, -0.1) is 0 Å². The van der Waals surface area contributed by atoms with E-state index in [0.29, 0.717) is 17.6 Å². The molecule has 9 aromatic carbocycles. The van der Waals surface area contributed by atoms with Crippen LogP contribution in [0.4, 0.5) is 0 Å². The number of nitrogens with zero attached hydrogens (tertiary/aromatic N) is 4. The second kappa shape index (κ2) is 13.2. The predicted octanol–water partition coefficient (Wildman–Crippen LogP) is 14.2. The van der Waals surface area contributed by atoms with Gasteiger partial charge in [0.15, 0.2) is 11.6 Å². The topological polar surface area (TPSA) is 43.6 Å². The van der Waals surface area contributed by atoms with Gasteiger partial charge in [-0.2, -0.15) is 9.97 Å². The second-order valence-corrected chi connectivity index (χ2v) is 16.4. The van der Waals surface area contributed by atoms with E-state index >= 15 is 0 Å². The lowest BCUT2D eigenvalue weighted by Gasteiger charge is -2.22. The Morgan fingerprint density at radius 3 is 1.82 bits per heavy atom. The van der Waals surface area contributed by atoms with Gasteiger partial charge < -0.3 is 0 Å². The Morgan fingerprint density at radius 2 is 1.02 bits per heavy atom. The van der Waals surface area contributed by atoms with Crippen molar-refractivity contribution in [2.24, 2.45) is 0 Å². The van der Waals surface area contributed by atoms with Gasteiger partial charge in [-0.05, 0) is 84.8 Å². The zero-order chi connectivity index (χ0) is 40.0. The van der Waals surface area contributed by atoms with Gasteiger partial charge in [0.05, 0.1) is 11.0 Å². The van der Waals surface area contributed by atoms with Gasteiger partial charge in [0.25, 0.3) is 0 Å². The fourth-order valence-corrected chi connectivity index (χ4v) is 9.65. The van der Waals surface area contributed by atoms with Crippen molar-refractivity contribution in [3.63, 3.8) is 0 Å². The summed E-state index contributed by atoms with van der Waals surface area (Å²) in [7, 11) is 0. The van der Waals surface area contributed by atoms with Crippen molar-refractivity contribution >= 4 is 43.4 Å². The summed E-state index contributed by atoms with van der Waals surface area (Å²) < 4.78 is 2.28. The highest BCUT2D eigenvalue weighted by molar-refractivity contribution is 6.17. The van der Waals surface area contributed by atoms with Gasteiger partial charge in [-0.3, -0.25) is 4.57 Å². The number of aromatic nitrogens is 4. The van der Waals surface area contributed by atoms with E-state index in [4.69, 9.17) is 15.0 Å². The first-order valence-corrected chi connectivity index (χ1v) is 20.6. The molecule has 0 aliphatic heterocycles. The van der Waals surface area contributed by atoms with Crippen LogP contribution in [0.2, 0.25) is 0 Å². The third-order valence-corrected chi connectivity index (χ3v) is 12.6. The normalized spacial score (nSPS) is 13.0. The Morgan fingerprint density at radius 1 is 0.383 bits per heavy atom. The average Bonchev–Trinajstić information content (AvgIpc) is 3.76. The van der Waals surface area contributed by atoms with Crippen LogP contribution in [0.5, 0.6) is 0 Å². The summed E-state index contributed by atoms with van der Waals surface area (Å²) >= 11 is 0. The summed E-state index contributed by atoms with van der Waals surface area (Å²) in [5.74, 6) is 1.82. The molecule has 0 unspecified atom stereocenters. The molecule has 1 aliphatic carbocycles. The molecule has 2 heterocycles. The third kappa shape index (κ3) is 5.27. The number of benzene rings is 9. The molecule has 1 aliphatic rings. The molecule has 12 rings (SSSR count). The minimum absolute atomic E-state index is 0.176. The van der Waals surface area contributed by atoms with E-state index in [1.165, 1.54) is 38.4 Å². The fraction of sp³-hybridized carbons (Fsp3) is 0.0536. The van der Waals surface area contributed by atoms with Crippen LogP contribution in [0.25, 0.3) is 105 Å². The fourth-order valence-electron chi connectivity index (χ4n) is 9.65. The van der Waals surface area contributed by atoms with E-state index in [9.17, 15) is 0 Å². The molecule has 0 saturated heterocycles. The van der Waals surface area contributed by atoms with Crippen molar-refractivity contribution in [3.8, 4) is 62.1 Å². The van der Waals surface area contributed by atoms with Crippen molar-refractivity contribution in [2.75, 3.05) is 0 Å². The molecule has 0 fully saturated rings. The van der Waals surface area contributed by atoms with Crippen LogP contribution in [-0.2, 0) is 5.41 Å². The summed E-state index contributed by atoms with van der Waals surface area (Å²) in [6.07, 6.45) is 0. The van der Waals surface area contributed by atoms with Crippen molar-refractivity contribution in [3.05, 3.63) is 205 Å². The summed E-state index contributed by atoms with van der Waals surface area (Å²) in [5.41, 5.74) is 13.7. The molecule has 0 N–H and O–H groups in total. The van der Waals surface area contributed by atoms with Crippen LogP contribution >= 0.6 is 0 Å². The summed E-state index contributed by atoms with van der Waals surface area (Å²) in [4.78, 5) is 15.9. The Kier molecular flexibility index (Phi) is 7.54. The maximum absolute atomic E-state index is 5.40. The van der Waals surface area contributed by atoms with Gasteiger partial charge >= 0.3 is 0 Å². The molecule has 282 valence electrons.